The summed E-state index contributed by atoms with van der Waals surface area (Å²) in [7, 11) is -3.22. The summed E-state index contributed by atoms with van der Waals surface area (Å²) in [5.74, 6) is 0.450. The summed E-state index contributed by atoms with van der Waals surface area (Å²) < 4.78 is 28.3. The van der Waals surface area contributed by atoms with Gasteiger partial charge in [-0.2, -0.15) is 0 Å². The van der Waals surface area contributed by atoms with Gasteiger partial charge in [0.2, 0.25) is 0 Å². The number of aliphatic hydroxyl groups excluding tert-OH is 1. The Balaban J connectivity index is 2.08. The van der Waals surface area contributed by atoms with E-state index in [1.807, 2.05) is 0 Å². The van der Waals surface area contributed by atoms with Crippen molar-refractivity contribution in [3.8, 4) is 0 Å². The maximum absolute atomic E-state index is 11.5. The fourth-order valence-corrected chi connectivity index (χ4v) is 3.06. The van der Waals surface area contributed by atoms with Gasteiger partial charge in [-0.15, -0.1) is 0 Å². The lowest BCUT2D eigenvalue weighted by atomic mass is 9.91. The molecule has 1 heterocycles. The van der Waals surface area contributed by atoms with Crippen LogP contribution in [0.25, 0.3) is 0 Å². The normalized spacial score (nSPS) is 19.3. The lowest BCUT2D eigenvalue weighted by molar-refractivity contribution is 0.0435. The Bertz CT molecular complexity index is 518. The van der Waals surface area contributed by atoms with E-state index in [4.69, 9.17) is 4.74 Å². The second-order valence-corrected chi connectivity index (χ2v) is 7.17. The van der Waals surface area contributed by atoms with E-state index in [2.05, 4.69) is 0 Å². The Kier molecular flexibility index (Phi) is 4.60. The van der Waals surface area contributed by atoms with Crippen LogP contribution >= 0.6 is 0 Å². The number of hydrogen-bond acceptors (Lipinski definition) is 4. The fourth-order valence-electron chi connectivity index (χ4n) is 2.39. The molecular formula is C14H20O4S. The second-order valence-electron chi connectivity index (χ2n) is 5.15. The van der Waals surface area contributed by atoms with E-state index in [9.17, 15) is 13.5 Å². The van der Waals surface area contributed by atoms with Crippen LogP contribution in [0.1, 0.15) is 30.9 Å². The van der Waals surface area contributed by atoms with Gasteiger partial charge in [0.25, 0.3) is 0 Å². The molecule has 1 aliphatic heterocycles. The van der Waals surface area contributed by atoms with E-state index in [1.54, 1.807) is 24.3 Å². The van der Waals surface area contributed by atoms with Gasteiger partial charge in [0.1, 0.15) is 0 Å². The minimum absolute atomic E-state index is 0.260. The van der Waals surface area contributed by atoms with Crippen molar-refractivity contribution in [2.75, 3.05) is 19.5 Å². The Morgan fingerprint density at radius 2 is 2.05 bits per heavy atom. The number of rotatable bonds is 4. The number of hydrogen-bond donors (Lipinski definition) is 1. The van der Waals surface area contributed by atoms with Crippen LogP contribution in [0.5, 0.6) is 0 Å². The van der Waals surface area contributed by atoms with Crippen LogP contribution in [0.2, 0.25) is 0 Å². The second kappa shape index (κ2) is 6.03. The lowest BCUT2D eigenvalue weighted by Crippen LogP contribution is -2.18. The summed E-state index contributed by atoms with van der Waals surface area (Å²) >= 11 is 0. The van der Waals surface area contributed by atoms with Gasteiger partial charge in [0.15, 0.2) is 9.84 Å². The summed E-state index contributed by atoms with van der Waals surface area (Å²) in [5.41, 5.74) is 0.675. The Morgan fingerprint density at radius 1 is 1.37 bits per heavy atom. The molecule has 1 fully saturated rings. The maximum atomic E-state index is 11.5. The predicted octanol–water partition coefficient (Wildman–Crippen LogP) is 1.94. The summed E-state index contributed by atoms with van der Waals surface area (Å²) in [6.07, 6.45) is 3.16. The van der Waals surface area contributed by atoms with Gasteiger partial charge < -0.3 is 9.84 Å². The van der Waals surface area contributed by atoms with Crippen molar-refractivity contribution in [2.24, 2.45) is 5.92 Å². The van der Waals surface area contributed by atoms with Crippen LogP contribution < -0.4 is 0 Å². The number of aliphatic hydroxyl groups is 1. The van der Waals surface area contributed by atoms with E-state index >= 15 is 0 Å². The third kappa shape index (κ3) is 4.03. The zero-order chi connectivity index (χ0) is 13.9. The van der Waals surface area contributed by atoms with Gasteiger partial charge in [0, 0.05) is 19.5 Å². The van der Waals surface area contributed by atoms with Crippen LogP contribution in [0.3, 0.4) is 0 Å². The first kappa shape index (κ1) is 14.5. The molecule has 5 heteroatoms. The molecule has 1 aromatic rings. The average Bonchev–Trinajstić information content (AvgIpc) is 2.39. The molecule has 1 aromatic carbocycles. The number of sulfone groups is 1. The van der Waals surface area contributed by atoms with Crippen LogP contribution in [0.4, 0.5) is 0 Å². The summed E-state index contributed by atoms with van der Waals surface area (Å²) in [6.45, 7) is 1.50. The maximum Gasteiger partial charge on any atom is 0.175 e. The van der Waals surface area contributed by atoms with Crippen molar-refractivity contribution < 1.29 is 18.3 Å². The van der Waals surface area contributed by atoms with Crippen molar-refractivity contribution in [1.82, 2.24) is 0 Å². The third-order valence-electron chi connectivity index (χ3n) is 3.57. The lowest BCUT2D eigenvalue weighted by Gasteiger charge is -2.24. The smallest absolute Gasteiger partial charge is 0.175 e. The van der Waals surface area contributed by atoms with Crippen LogP contribution in [0, 0.1) is 5.92 Å². The number of ether oxygens (including phenoxy) is 1. The van der Waals surface area contributed by atoms with Gasteiger partial charge in [0.05, 0.1) is 11.0 Å². The first-order valence-electron chi connectivity index (χ1n) is 6.52. The summed E-state index contributed by atoms with van der Waals surface area (Å²) in [5, 5.41) is 10.2. The van der Waals surface area contributed by atoms with Gasteiger partial charge in [-0.05, 0) is 42.9 Å². The van der Waals surface area contributed by atoms with E-state index in [1.165, 1.54) is 6.26 Å². The minimum atomic E-state index is -3.22. The van der Waals surface area contributed by atoms with E-state index in [0.717, 1.165) is 26.1 Å². The van der Waals surface area contributed by atoms with Crippen LogP contribution in [-0.2, 0) is 14.6 Å². The van der Waals surface area contributed by atoms with Gasteiger partial charge >= 0.3 is 0 Å². The van der Waals surface area contributed by atoms with Crippen molar-refractivity contribution in [1.29, 1.82) is 0 Å². The minimum Gasteiger partial charge on any atom is -0.388 e. The highest BCUT2D eigenvalue weighted by molar-refractivity contribution is 7.90. The quantitative estimate of drug-likeness (QED) is 0.917. The highest BCUT2D eigenvalue weighted by Crippen LogP contribution is 2.28. The van der Waals surface area contributed by atoms with Crippen LogP contribution in [-0.4, -0.2) is 33.0 Å². The third-order valence-corrected chi connectivity index (χ3v) is 4.68. The highest BCUT2D eigenvalue weighted by atomic mass is 32.2. The molecule has 0 saturated carbocycles. The van der Waals surface area contributed by atoms with Crippen molar-refractivity contribution in [3.05, 3.63) is 29.8 Å². The van der Waals surface area contributed by atoms with Crippen LogP contribution in [0.15, 0.2) is 29.2 Å². The SMILES string of the molecule is CS(=O)(=O)c1cccc(C(O)CC2CCOCC2)c1. The molecule has 19 heavy (non-hydrogen) atoms. The Hall–Kier alpha value is -0.910. The molecule has 0 aromatic heterocycles. The molecular weight excluding hydrogens is 264 g/mol. The van der Waals surface area contributed by atoms with E-state index in [0.29, 0.717) is 17.9 Å². The fraction of sp³-hybridized carbons (Fsp3) is 0.571. The topological polar surface area (TPSA) is 63.6 Å². The van der Waals surface area contributed by atoms with Crippen molar-refractivity contribution >= 4 is 9.84 Å². The molecule has 1 aliphatic rings. The molecule has 0 radical (unpaired) electrons. The molecule has 1 atom stereocenters. The van der Waals surface area contributed by atoms with Gasteiger partial charge in [-0.1, -0.05) is 12.1 Å². The predicted molar refractivity (Wildman–Crippen MR) is 72.7 cm³/mol. The largest absolute Gasteiger partial charge is 0.388 e. The van der Waals surface area contributed by atoms with Crippen molar-refractivity contribution in [2.45, 2.75) is 30.3 Å². The van der Waals surface area contributed by atoms with Gasteiger partial charge in [-0.3, -0.25) is 0 Å². The zero-order valence-corrected chi connectivity index (χ0v) is 11.9. The number of benzene rings is 1. The monoisotopic (exact) mass is 284 g/mol. The molecule has 1 saturated heterocycles. The summed E-state index contributed by atoms with van der Waals surface area (Å²) in [6, 6.07) is 6.58. The molecule has 4 nitrogen and oxygen atoms in total. The molecule has 0 aliphatic carbocycles. The average molecular weight is 284 g/mol. The van der Waals surface area contributed by atoms with E-state index < -0.39 is 15.9 Å². The molecule has 0 bridgehead atoms. The Morgan fingerprint density at radius 3 is 2.68 bits per heavy atom. The molecule has 1 N–H and O–H groups in total. The first-order chi connectivity index (χ1) is 8.97. The molecule has 106 valence electrons. The summed E-state index contributed by atoms with van der Waals surface area (Å²) in [4.78, 5) is 0.260. The van der Waals surface area contributed by atoms with E-state index in [-0.39, 0.29) is 4.90 Å². The standard InChI is InChI=1S/C14H20O4S/c1-19(16,17)13-4-2-3-12(10-13)14(15)9-11-5-7-18-8-6-11/h2-4,10-11,14-15H,5-9H2,1H3. The molecule has 2 rings (SSSR count). The first-order valence-corrected chi connectivity index (χ1v) is 8.42. The Labute approximate surface area is 114 Å². The van der Waals surface area contributed by atoms with Crippen molar-refractivity contribution in [3.63, 3.8) is 0 Å². The highest BCUT2D eigenvalue weighted by Gasteiger charge is 2.19. The zero-order valence-electron chi connectivity index (χ0n) is 11.1. The molecule has 0 amide bonds. The molecule has 0 spiro atoms. The molecule has 1 unspecified atom stereocenters. The van der Waals surface area contributed by atoms with Gasteiger partial charge in [-0.25, -0.2) is 8.42 Å².